The first kappa shape index (κ1) is 32.2. The Morgan fingerprint density at radius 1 is 0.936 bits per heavy atom. The molecule has 0 radical (unpaired) electrons. The topological polar surface area (TPSA) is 96.2 Å². The zero-order valence-electron chi connectivity index (χ0n) is 25.5. The fraction of sp³-hybridized carbons (Fsp3) is 0.167. The van der Waals surface area contributed by atoms with Crippen LogP contribution < -0.4 is 19.6 Å². The minimum absolute atomic E-state index is 0.180. The van der Waals surface area contributed by atoms with E-state index < -0.39 is 12.0 Å². The summed E-state index contributed by atoms with van der Waals surface area (Å²) in [6.07, 6.45) is 1.73. The fourth-order valence-corrected chi connectivity index (χ4v) is 7.17. The molecule has 0 saturated heterocycles. The number of ether oxygens (including phenoxy) is 3. The minimum atomic E-state index is -0.727. The van der Waals surface area contributed by atoms with Gasteiger partial charge in [0.25, 0.3) is 5.56 Å². The number of rotatable bonds is 10. The Morgan fingerprint density at radius 2 is 1.68 bits per heavy atom. The highest BCUT2D eigenvalue weighted by Crippen LogP contribution is 2.37. The molecule has 1 atom stereocenters. The summed E-state index contributed by atoms with van der Waals surface area (Å²) in [6, 6.07) is 24.7. The molecular weight excluding hydrogens is 656 g/mol. The molecule has 0 unspecified atom stereocenters. The van der Waals surface area contributed by atoms with Gasteiger partial charge in [-0.3, -0.25) is 9.36 Å². The van der Waals surface area contributed by atoms with Crippen molar-refractivity contribution in [2.24, 2.45) is 4.99 Å². The molecule has 238 valence electrons. The summed E-state index contributed by atoms with van der Waals surface area (Å²) < 4.78 is 18.7. The third-order valence-electron chi connectivity index (χ3n) is 7.30. The van der Waals surface area contributed by atoms with E-state index in [9.17, 15) is 14.4 Å². The first-order valence-electron chi connectivity index (χ1n) is 14.9. The first-order valence-corrected chi connectivity index (χ1v) is 17.0. The van der Waals surface area contributed by atoms with Crippen molar-refractivity contribution in [3.05, 3.63) is 148 Å². The van der Waals surface area contributed by atoms with Gasteiger partial charge in [-0.05, 0) is 67.3 Å². The Balaban J connectivity index is 1.43. The number of carbonyl (C=O) groups is 2. The number of halogens is 1. The highest BCUT2D eigenvalue weighted by atomic mass is 35.5. The third kappa shape index (κ3) is 6.85. The molecule has 0 aliphatic carbocycles. The van der Waals surface area contributed by atoms with Gasteiger partial charge < -0.3 is 14.2 Å². The van der Waals surface area contributed by atoms with Gasteiger partial charge >= 0.3 is 11.9 Å². The van der Waals surface area contributed by atoms with Gasteiger partial charge in [0.15, 0.2) is 4.80 Å². The molecule has 1 aliphatic rings. The van der Waals surface area contributed by atoms with E-state index in [0.29, 0.717) is 49.1 Å². The van der Waals surface area contributed by atoms with Gasteiger partial charge in [0.2, 0.25) is 0 Å². The molecule has 0 saturated carbocycles. The smallest absolute Gasteiger partial charge is 0.338 e. The van der Waals surface area contributed by atoms with Crippen LogP contribution in [0.5, 0.6) is 5.75 Å². The minimum Gasteiger partial charge on any atom is -0.488 e. The number of fused-ring (bicyclic) bond motifs is 1. The maximum absolute atomic E-state index is 14.2. The number of thiophene rings is 1. The highest BCUT2D eigenvalue weighted by molar-refractivity contribution is 7.10. The van der Waals surface area contributed by atoms with Crippen molar-refractivity contribution in [1.82, 2.24) is 4.57 Å². The molecule has 0 spiro atoms. The summed E-state index contributed by atoms with van der Waals surface area (Å²) >= 11 is 9.08. The molecule has 6 rings (SSSR count). The lowest BCUT2D eigenvalue weighted by Crippen LogP contribution is -2.39. The Labute approximate surface area is 283 Å². The summed E-state index contributed by atoms with van der Waals surface area (Å²) in [5.74, 6) is -0.390. The van der Waals surface area contributed by atoms with Crippen LogP contribution in [0.3, 0.4) is 0 Å². The standard InChI is InChI=1S/C36H29ClN2O6S2/c1-3-43-34(41)24-14-12-22(13-15-24)21-45-27-17-16-26(37)19-25(27)20-29-33(40)39-32(28-11-8-18-46-28)30(35(42)44-4-2)31(38-36(39)47-29)23-9-6-5-7-10-23/h5-20,32H,3-4,21H2,1-2H3/b29-20-/t32-/m1/s1. The summed E-state index contributed by atoms with van der Waals surface area (Å²) in [6.45, 7) is 4.21. The number of thiazole rings is 1. The summed E-state index contributed by atoms with van der Waals surface area (Å²) in [5.41, 5.74) is 3.12. The molecule has 3 aromatic carbocycles. The van der Waals surface area contributed by atoms with Gasteiger partial charge in [-0.1, -0.05) is 71.5 Å². The van der Waals surface area contributed by atoms with Gasteiger partial charge in [0.1, 0.15) is 18.4 Å². The first-order chi connectivity index (χ1) is 22.9. The van der Waals surface area contributed by atoms with Crippen LogP contribution in [0.1, 0.15) is 51.8 Å². The molecule has 11 heteroatoms. The molecule has 3 heterocycles. The molecule has 2 aromatic heterocycles. The molecule has 0 fully saturated rings. The van der Waals surface area contributed by atoms with Crippen LogP contribution in [0.15, 0.2) is 106 Å². The monoisotopic (exact) mass is 684 g/mol. The predicted octanol–water partition coefficient (Wildman–Crippen LogP) is 6.41. The Bertz CT molecular complexity index is 2140. The Hall–Kier alpha value is -4.77. The van der Waals surface area contributed by atoms with Gasteiger partial charge in [-0.2, -0.15) is 0 Å². The lowest BCUT2D eigenvalue weighted by Gasteiger charge is -2.24. The van der Waals surface area contributed by atoms with E-state index in [-0.39, 0.29) is 24.7 Å². The zero-order chi connectivity index (χ0) is 32.9. The van der Waals surface area contributed by atoms with E-state index in [4.69, 9.17) is 30.8 Å². The van der Waals surface area contributed by atoms with Crippen molar-refractivity contribution in [1.29, 1.82) is 0 Å². The second kappa shape index (κ2) is 14.3. The molecule has 5 aromatic rings. The SMILES string of the molecule is CCOC(=O)C1=C(c2ccccc2)N=c2s/c(=C\c3cc(Cl)ccc3OCc3ccc(C(=O)OCC)cc3)c(=O)n2[C@@H]1c1cccs1. The quantitative estimate of drug-likeness (QED) is 0.158. The van der Waals surface area contributed by atoms with Gasteiger partial charge in [-0.25, -0.2) is 14.6 Å². The van der Waals surface area contributed by atoms with Gasteiger partial charge in [-0.15, -0.1) is 11.3 Å². The molecule has 8 nitrogen and oxygen atoms in total. The number of carbonyl (C=O) groups excluding carboxylic acids is 2. The number of hydrogen-bond acceptors (Lipinski definition) is 9. The number of aromatic nitrogens is 1. The molecule has 0 N–H and O–H groups in total. The second-order valence-electron chi connectivity index (χ2n) is 10.3. The second-order valence-corrected chi connectivity index (χ2v) is 12.8. The Morgan fingerprint density at radius 3 is 2.38 bits per heavy atom. The third-order valence-corrected chi connectivity index (χ3v) is 9.45. The van der Waals surface area contributed by atoms with Crippen LogP contribution in [0.4, 0.5) is 0 Å². The molecule has 0 amide bonds. The summed E-state index contributed by atoms with van der Waals surface area (Å²) in [4.78, 5) is 45.9. The fourth-order valence-electron chi connectivity index (χ4n) is 5.17. The van der Waals surface area contributed by atoms with Crippen molar-refractivity contribution in [2.45, 2.75) is 26.5 Å². The van der Waals surface area contributed by atoms with Crippen molar-refractivity contribution >= 4 is 58.0 Å². The average molecular weight is 685 g/mol. The van der Waals surface area contributed by atoms with Crippen molar-refractivity contribution in [3.63, 3.8) is 0 Å². The van der Waals surface area contributed by atoms with E-state index in [1.165, 1.54) is 22.7 Å². The lowest BCUT2D eigenvalue weighted by atomic mass is 9.97. The van der Waals surface area contributed by atoms with Crippen molar-refractivity contribution < 1.29 is 23.8 Å². The number of nitrogens with zero attached hydrogens (tertiary/aromatic N) is 2. The van der Waals surface area contributed by atoms with Crippen LogP contribution in [0.2, 0.25) is 5.02 Å². The highest BCUT2D eigenvalue weighted by Gasteiger charge is 2.35. The van der Waals surface area contributed by atoms with E-state index in [1.807, 2.05) is 47.8 Å². The lowest BCUT2D eigenvalue weighted by molar-refractivity contribution is -0.138. The van der Waals surface area contributed by atoms with Gasteiger partial charge in [0.05, 0.1) is 34.6 Å². The van der Waals surface area contributed by atoms with Crippen molar-refractivity contribution in [2.75, 3.05) is 13.2 Å². The average Bonchev–Trinajstić information content (AvgIpc) is 3.73. The molecule has 1 aliphatic heterocycles. The van der Waals surface area contributed by atoms with Crippen LogP contribution in [-0.4, -0.2) is 29.7 Å². The Kier molecular flexibility index (Phi) is 9.81. The maximum Gasteiger partial charge on any atom is 0.338 e. The number of benzene rings is 3. The normalized spacial score (nSPS) is 14.4. The summed E-state index contributed by atoms with van der Waals surface area (Å²) in [7, 11) is 0. The maximum atomic E-state index is 14.2. The van der Waals surface area contributed by atoms with E-state index in [2.05, 4.69) is 0 Å². The number of esters is 2. The van der Waals surface area contributed by atoms with Crippen LogP contribution in [0, 0.1) is 0 Å². The summed E-state index contributed by atoms with van der Waals surface area (Å²) in [5, 5.41) is 2.39. The largest absolute Gasteiger partial charge is 0.488 e. The van der Waals surface area contributed by atoms with E-state index in [0.717, 1.165) is 16.0 Å². The van der Waals surface area contributed by atoms with Crippen LogP contribution >= 0.6 is 34.3 Å². The van der Waals surface area contributed by atoms with E-state index in [1.54, 1.807) is 67.0 Å². The van der Waals surface area contributed by atoms with Crippen molar-refractivity contribution in [3.8, 4) is 5.75 Å². The van der Waals surface area contributed by atoms with Gasteiger partial charge in [0, 0.05) is 21.0 Å². The number of hydrogen-bond donors (Lipinski definition) is 0. The molecular formula is C36H29ClN2O6S2. The van der Waals surface area contributed by atoms with Crippen LogP contribution in [0.25, 0.3) is 11.8 Å². The zero-order valence-corrected chi connectivity index (χ0v) is 27.9. The predicted molar refractivity (Wildman–Crippen MR) is 184 cm³/mol. The molecule has 47 heavy (non-hydrogen) atoms. The molecule has 0 bridgehead atoms. The van der Waals surface area contributed by atoms with E-state index >= 15 is 0 Å². The van der Waals surface area contributed by atoms with Crippen LogP contribution in [-0.2, 0) is 20.9 Å².